The average Bonchev–Trinajstić information content (AvgIpc) is 2.53. The summed E-state index contributed by atoms with van der Waals surface area (Å²) in [5.41, 5.74) is -0.884. The summed E-state index contributed by atoms with van der Waals surface area (Å²) in [7, 11) is 0. The molecule has 2 rings (SSSR count). The summed E-state index contributed by atoms with van der Waals surface area (Å²) in [6, 6.07) is 3.92. The maximum Gasteiger partial charge on any atom is 0.410 e. The number of rotatable bonds is 4. The molecule has 1 heterocycles. The Morgan fingerprint density at radius 2 is 1.74 bits per heavy atom. The molecule has 1 aliphatic rings. The number of piperidine rings is 1. The molecule has 1 amide bonds. The van der Waals surface area contributed by atoms with E-state index in [0.29, 0.717) is 12.8 Å². The Labute approximate surface area is 158 Å². The summed E-state index contributed by atoms with van der Waals surface area (Å²) in [6.07, 6.45) is 0.286. The minimum atomic E-state index is -0.641. The van der Waals surface area contributed by atoms with Crippen molar-refractivity contribution in [2.75, 3.05) is 6.54 Å². The van der Waals surface area contributed by atoms with Gasteiger partial charge < -0.3 is 19.8 Å². The molecule has 7 nitrogen and oxygen atoms in total. The molecule has 0 spiro atoms. The number of hydrogen-bond acceptors (Lipinski definition) is 6. The maximum absolute atomic E-state index is 12.6. The van der Waals surface area contributed by atoms with E-state index >= 15 is 0 Å². The lowest BCUT2D eigenvalue weighted by Gasteiger charge is -2.38. The first kappa shape index (κ1) is 20.7. The molecule has 148 valence electrons. The van der Waals surface area contributed by atoms with Gasteiger partial charge in [0.25, 0.3) is 0 Å². The van der Waals surface area contributed by atoms with E-state index in [-0.39, 0.29) is 35.4 Å². The molecule has 1 aromatic carbocycles. The molecule has 0 aliphatic carbocycles. The second-order valence-corrected chi connectivity index (χ2v) is 7.99. The summed E-state index contributed by atoms with van der Waals surface area (Å²) in [5, 5.41) is 19.6. The van der Waals surface area contributed by atoms with Gasteiger partial charge in [0, 0.05) is 18.5 Å². The standard InChI is InChI=1S/C20H27NO6/c1-12-8-9-13(11-21(12)19(26)27-20(2,3)4)16(24)10-17(25)18-14(22)6-5-7-15(18)23/h5-7,12-13,22-23H,8-11H2,1-4H3. The van der Waals surface area contributed by atoms with E-state index in [1.165, 1.54) is 23.1 Å². The molecule has 1 saturated heterocycles. The van der Waals surface area contributed by atoms with Crippen LogP contribution in [0.3, 0.4) is 0 Å². The Hall–Kier alpha value is -2.57. The van der Waals surface area contributed by atoms with Crippen LogP contribution in [0.5, 0.6) is 11.5 Å². The van der Waals surface area contributed by atoms with E-state index in [2.05, 4.69) is 0 Å². The van der Waals surface area contributed by atoms with Gasteiger partial charge in [-0.2, -0.15) is 0 Å². The highest BCUT2D eigenvalue weighted by Gasteiger charge is 2.35. The van der Waals surface area contributed by atoms with Crippen molar-refractivity contribution in [2.24, 2.45) is 5.92 Å². The monoisotopic (exact) mass is 377 g/mol. The first-order valence-corrected chi connectivity index (χ1v) is 9.06. The molecule has 0 aromatic heterocycles. The predicted octanol–water partition coefficient (Wildman–Crippen LogP) is 3.28. The van der Waals surface area contributed by atoms with Gasteiger partial charge in [0.2, 0.25) is 0 Å². The third-order valence-electron chi connectivity index (χ3n) is 4.60. The minimum absolute atomic E-state index is 0.0539. The van der Waals surface area contributed by atoms with Crippen molar-refractivity contribution >= 4 is 17.7 Å². The van der Waals surface area contributed by atoms with Gasteiger partial charge >= 0.3 is 6.09 Å². The number of aromatic hydroxyl groups is 2. The van der Waals surface area contributed by atoms with Crippen LogP contribution in [-0.2, 0) is 9.53 Å². The molecule has 2 N–H and O–H groups in total. The smallest absolute Gasteiger partial charge is 0.410 e. The van der Waals surface area contributed by atoms with Crippen LogP contribution in [0.2, 0.25) is 0 Å². The zero-order valence-electron chi connectivity index (χ0n) is 16.2. The van der Waals surface area contributed by atoms with Crippen molar-refractivity contribution in [3.8, 4) is 11.5 Å². The van der Waals surface area contributed by atoms with E-state index in [4.69, 9.17) is 4.74 Å². The van der Waals surface area contributed by atoms with Crippen molar-refractivity contribution in [3.05, 3.63) is 23.8 Å². The normalized spacial score (nSPS) is 20.2. The van der Waals surface area contributed by atoms with E-state index in [1.807, 2.05) is 6.92 Å². The second kappa shape index (κ2) is 7.98. The van der Waals surface area contributed by atoms with E-state index < -0.39 is 29.8 Å². The highest BCUT2D eigenvalue weighted by molar-refractivity contribution is 6.11. The van der Waals surface area contributed by atoms with Gasteiger partial charge in [0.15, 0.2) is 5.78 Å². The largest absolute Gasteiger partial charge is 0.507 e. The van der Waals surface area contributed by atoms with Gasteiger partial charge in [0.05, 0.1) is 6.42 Å². The lowest BCUT2D eigenvalue weighted by molar-refractivity contribution is -0.123. The molecular weight excluding hydrogens is 350 g/mol. The highest BCUT2D eigenvalue weighted by Crippen LogP contribution is 2.30. The van der Waals surface area contributed by atoms with Crippen LogP contribution in [0.4, 0.5) is 4.79 Å². The third-order valence-corrected chi connectivity index (χ3v) is 4.60. The maximum atomic E-state index is 12.6. The number of carbonyl (C=O) groups excluding carboxylic acids is 3. The number of nitrogens with zero attached hydrogens (tertiary/aromatic N) is 1. The number of ketones is 2. The van der Waals surface area contributed by atoms with Gasteiger partial charge in [-0.3, -0.25) is 9.59 Å². The van der Waals surface area contributed by atoms with Crippen LogP contribution in [-0.4, -0.2) is 51.0 Å². The molecule has 1 aromatic rings. The third kappa shape index (κ3) is 5.21. The van der Waals surface area contributed by atoms with Gasteiger partial charge in [-0.1, -0.05) is 6.07 Å². The van der Waals surface area contributed by atoms with Crippen LogP contribution >= 0.6 is 0 Å². The van der Waals surface area contributed by atoms with E-state index in [1.54, 1.807) is 20.8 Å². The summed E-state index contributed by atoms with van der Waals surface area (Å²) in [5.74, 6) is -2.16. The van der Waals surface area contributed by atoms with E-state index in [0.717, 1.165) is 0 Å². The fourth-order valence-corrected chi connectivity index (χ4v) is 3.15. The fourth-order valence-electron chi connectivity index (χ4n) is 3.15. The van der Waals surface area contributed by atoms with Gasteiger partial charge in [-0.25, -0.2) is 4.79 Å². The first-order chi connectivity index (χ1) is 12.5. The number of likely N-dealkylation sites (tertiary alicyclic amines) is 1. The van der Waals surface area contributed by atoms with Crippen molar-refractivity contribution < 1.29 is 29.3 Å². The Bertz CT molecular complexity index is 716. The molecule has 2 unspecified atom stereocenters. The lowest BCUT2D eigenvalue weighted by Crippen LogP contribution is -2.49. The molecule has 2 atom stereocenters. The van der Waals surface area contributed by atoms with Crippen LogP contribution in [0.15, 0.2) is 18.2 Å². The summed E-state index contributed by atoms with van der Waals surface area (Å²) in [6.45, 7) is 7.42. The Morgan fingerprint density at radius 1 is 1.15 bits per heavy atom. The predicted molar refractivity (Wildman–Crippen MR) is 98.9 cm³/mol. The molecule has 1 fully saturated rings. The van der Waals surface area contributed by atoms with Crippen LogP contribution < -0.4 is 0 Å². The number of carbonyl (C=O) groups is 3. The second-order valence-electron chi connectivity index (χ2n) is 7.99. The van der Waals surface area contributed by atoms with Crippen LogP contribution in [0.25, 0.3) is 0 Å². The van der Waals surface area contributed by atoms with Crippen LogP contribution in [0.1, 0.15) is 57.3 Å². The van der Waals surface area contributed by atoms with Crippen molar-refractivity contribution in [1.29, 1.82) is 0 Å². The van der Waals surface area contributed by atoms with Gasteiger partial charge in [0.1, 0.15) is 28.4 Å². The molecule has 0 radical (unpaired) electrons. The average molecular weight is 377 g/mol. The number of hydrogen-bond donors (Lipinski definition) is 2. The zero-order chi connectivity index (χ0) is 20.4. The number of ether oxygens (including phenoxy) is 1. The Kier molecular flexibility index (Phi) is 6.13. The number of phenolic OH excluding ortho intramolecular Hbond substituents is 2. The topological polar surface area (TPSA) is 104 Å². The molecule has 1 aliphatic heterocycles. The molecule has 27 heavy (non-hydrogen) atoms. The summed E-state index contributed by atoms with van der Waals surface area (Å²) < 4.78 is 5.40. The summed E-state index contributed by atoms with van der Waals surface area (Å²) in [4.78, 5) is 38.9. The zero-order valence-corrected chi connectivity index (χ0v) is 16.2. The number of phenols is 2. The van der Waals surface area contributed by atoms with Crippen molar-refractivity contribution in [1.82, 2.24) is 4.90 Å². The molecular formula is C20H27NO6. The minimum Gasteiger partial charge on any atom is -0.507 e. The van der Waals surface area contributed by atoms with Gasteiger partial charge in [-0.05, 0) is 52.7 Å². The lowest BCUT2D eigenvalue weighted by atomic mass is 9.87. The number of amides is 1. The quantitative estimate of drug-likeness (QED) is 0.616. The molecule has 0 saturated carbocycles. The van der Waals surface area contributed by atoms with Crippen LogP contribution in [0, 0.1) is 5.92 Å². The Balaban J connectivity index is 2.06. The summed E-state index contributed by atoms with van der Waals surface area (Å²) >= 11 is 0. The van der Waals surface area contributed by atoms with Gasteiger partial charge in [-0.15, -0.1) is 0 Å². The number of benzene rings is 1. The van der Waals surface area contributed by atoms with Crippen molar-refractivity contribution in [2.45, 2.75) is 58.6 Å². The molecule has 7 heteroatoms. The highest BCUT2D eigenvalue weighted by atomic mass is 16.6. The molecule has 0 bridgehead atoms. The number of Topliss-reactive ketones (excluding diaryl/α,β-unsaturated/α-hetero) is 2. The van der Waals surface area contributed by atoms with Crippen molar-refractivity contribution in [3.63, 3.8) is 0 Å². The first-order valence-electron chi connectivity index (χ1n) is 9.06. The SMILES string of the molecule is CC1CCC(C(=O)CC(=O)c2c(O)cccc2O)CN1C(=O)OC(C)(C)C. The Morgan fingerprint density at radius 3 is 2.30 bits per heavy atom. The fraction of sp³-hybridized carbons (Fsp3) is 0.550. The van der Waals surface area contributed by atoms with E-state index in [9.17, 15) is 24.6 Å².